The first kappa shape index (κ1) is 12.5. The maximum atomic E-state index is 12.3. The molecule has 0 spiro atoms. The predicted octanol–water partition coefficient (Wildman–Crippen LogP) is 2.89. The maximum absolute atomic E-state index is 12.3. The van der Waals surface area contributed by atoms with E-state index in [0.29, 0.717) is 17.9 Å². The number of carbonyl (C=O) groups is 1. The summed E-state index contributed by atoms with van der Waals surface area (Å²) in [4.78, 5) is 14.4. The third-order valence-electron chi connectivity index (χ3n) is 4.33. The van der Waals surface area contributed by atoms with Gasteiger partial charge in [0.05, 0.1) is 0 Å². The van der Waals surface area contributed by atoms with Crippen molar-refractivity contribution in [3.8, 4) is 0 Å². The summed E-state index contributed by atoms with van der Waals surface area (Å²) in [6, 6.07) is 10.7. The molecule has 0 radical (unpaired) electrons. The summed E-state index contributed by atoms with van der Waals surface area (Å²) in [5.74, 6) is 0.723. The van der Waals surface area contributed by atoms with Gasteiger partial charge in [0.25, 0.3) is 0 Å². The van der Waals surface area contributed by atoms with E-state index in [-0.39, 0.29) is 0 Å². The number of benzene rings is 1. The highest BCUT2D eigenvalue weighted by atomic mass is 16.2. The summed E-state index contributed by atoms with van der Waals surface area (Å²) in [7, 11) is 0. The number of amides is 1. The zero-order valence-electron chi connectivity index (χ0n) is 11.3. The van der Waals surface area contributed by atoms with E-state index in [9.17, 15) is 4.79 Å². The third kappa shape index (κ3) is 2.91. The average molecular weight is 258 g/mol. The molecule has 1 N–H and O–H groups in total. The van der Waals surface area contributed by atoms with Crippen molar-refractivity contribution in [2.24, 2.45) is 5.92 Å². The third-order valence-corrected chi connectivity index (χ3v) is 4.33. The van der Waals surface area contributed by atoms with Gasteiger partial charge in [-0.1, -0.05) is 24.6 Å². The molecule has 0 bridgehead atoms. The summed E-state index contributed by atoms with van der Waals surface area (Å²) in [6.45, 7) is 1.81. The molecule has 0 aromatic heterocycles. The largest absolute Gasteiger partial charge is 0.381 e. The molecule has 19 heavy (non-hydrogen) atoms. The van der Waals surface area contributed by atoms with Crippen LogP contribution in [0.2, 0.25) is 0 Å². The lowest BCUT2D eigenvalue weighted by atomic mass is 9.84. The standard InChI is InChI=1S/C16H22N2O/c19-16(13-6-4-7-13)18-11-5-10-15(12-18)17-14-8-2-1-3-9-14/h1-3,8-9,13,15,17H,4-7,10-12H2. The van der Waals surface area contributed by atoms with Crippen LogP contribution in [0.4, 0.5) is 5.69 Å². The first-order valence-electron chi connectivity index (χ1n) is 7.43. The zero-order chi connectivity index (χ0) is 13.1. The van der Waals surface area contributed by atoms with Gasteiger partial charge >= 0.3 is 0 Å². The average Bonchev–Trinajstić information content (AvgIpc) is 2.38. The molecule has 1 aliphatic carbocycles. The Morgan fingerprint density at radius 1 is 1.11 bits per heavy atom. The van der Waals surface area contributed by atoms with E-state index in [1.165, 1.54) is 6.42 Å². The Morgan fingerprint density at radius 3 is 2.58 bits per heavy atom. The zero-order valence-corrected chi connectivity index (χ0v) is 11.3. The molecular weight excluding hydrogens is 236 g/mol. The Labute approximate surface area is 115 Å². The highest BCUT2D eigenvalue weighted by Gasteiger charge is 2.32. The fraction of sp³-hybridized carbons (Fsp3) is 0.562. The van der Waals surface area contributed by atoms with Crippen LogP contribution in [0.15, 0.2) is 30.3 Å². The molecule has 1 aliphatic heterocycles. The lowest BCUT2D eigenvalue weighted by Crippen LogP contribution is -2.48. The summed E-state index contributed by atoms with van der Waals surface area (Å²) >= 11 is 0. The van der Waals surface area contributed by atoms with Gasteiger partial charge < -0.3 is 10.2 Å². The molecule has 1 atom stereocenters. The van der Waals surface area contributed by atoms with Crippen molar-refractivity contribution in [3.63, 3.8) is 0 Å². The van der Waals surface area contributed by atoms with E-state index >= 15 is 0 Å². The van der Waals surface area contributed by atoms with Gasteiger partial charge in [-0.05, 0) is 37.8 Å². The molecule has 102 valence electrons. The molecule has 1 amide bonds. The maximum Gasteiger partial charge on any atom is 0.225 e. The van der Waals surface area contributed by atoms with Gasteiger partial charge in [-0.25, -0.2) is 0 Å². The number of para-hydroxylation sites is 1. The van der Waals surface area contributed by atoms with E-state index in [0.717, 1.165) is 44.5 Å². The molecule has 3 rings (SSSR count). The van der Waals surface area contributed by atoms with Crippen LogP contribution in [0.3, 0.4) is 0 Å². The number of hydrogen-bond acceptors (Lipinski definition) is 2. The van der Waals surface area contributed by atoms with Crippen LogP contribution in [0.5, 0.6) is 0 Å². The molecule has 2 aliphatic rings. The van der Waals surface area contributed by atoms with Crippen molar-refractivity contribution in [3.05, 3.63) is 30.3 Å². The fourth-order valence-corrected chi connectivity index (χ4v) is 2.98. The number of carbonyl (C=O) groups excluding carboxylic acids is 1. The highest BCUT2D eigenvalue weighted by molar-refractivity contribution is 5.79. The molecule has 1 unspecified atom stereocenters. The van der Waals surface area contributed by atoms with Gasteiger partial charge in [-0.15, -0.1) is 0 Å². The van der Waals surface area contributed by atoms with Crippen LogP contribution in [-0.2, 0) is 4.79 Å². The SMILES string of the molecule is O=C(C1CCC1)N1CCCC(Nc2ccccc2)C1. The molecule has 1 saturated carbocycles. The first-order valence-corrected chi connectivity index (χ1v) is 7.43. The monoisotopic (exact) mass is 258 g/mol. The number of nitrogens with one attached hydrogen (secondary N) is 1. The van der Waals surface area contributed by atoms with Crippen molar-refractivity contribution in [1.29, 1.82) is 0 Å². The summed E-state index contributed by atoms with van der Waals surface area (Å²) in [6.07, 6.45) is 5.71. The van der Waals surface area contributed by atoms with Crippen molar-refractivity contribution in [1.82, 2.24) is 4.90 Å². The normalized spacial score (nSPS) is 23.8. The highest BCUT2D eigenvalue weighted by Crippen LogP contribution is 2.29. The molecule has 1 aromatic rings. The van der Waals surface area contributed by atoms with Crippen LogP contribution in [0.1, 0.15) is 32.1 Å². The van der Waals surface area contributed by atoms with Crippen LogP contribution in [-0.4, -0.2) is 29.9 Å². The number of rotatable bonds is 3. The minimum absolute atomic E-state index is 0.329. The van der Waals surface area contributed by atoms with Crippen LogP contribution in [0.25, 0.3) is 0 Å². The van der Waals surface area contributed by atoms with E-state index in [4.69, 9.17) is 0 Å². The van der Waals surface area contributed by atoms with E-state index < -0.39 is 0 Å². The van der Waals surface area contributed by atoms with E-state index in [1.54, 1.807) is 0 Å². The molecule has 3 nitrogen and oxygen atoms in total. The molecule has 3 heteroatoms. The second-order valence-electron chi connectivity index (χ2n) is 5.76. The fourth-order valence-electron chi connectivity index (χ4n) is 2.98. The van der Waals surface area contributed by atoms with Crippen LogP contribution in [0, 0.1) is 5.92 Å². The van der Waals surface area contributed by atoms with Crippen molar-refractivity contribution >= 4 is 11.6 Å². The first-order chi connectivity index (χ1) is 9.33. The summed E-state index contributed by atoms with van der Waals surface area (Å²) in [5, 5.41) is 3.55. The van der Waals surface area contributed by atoms with E-state index in [2.05, 4.69) is 22.3 Å². The van der Waals surface area contributed by atoms with Crippen molar-refractivity contribution in [2.45, 2.75) is 38.1 Å². The second-order valence-corrected chi connectivity index (χ2v) is 5.76. The summed E-state index contributed by atoms with van der Waals surface area (Å²) < 4.78 is 0. The lowest BCUT2D eigenvalue weighted by molar-refractivity contribution is -0.139. The topological polar surface area (TPSA) is 32.3 Å². The number of piperidine rings is 1. The van der Waals surface area contributed by atoms with Crippen molar-refractivity contribution in [2.75, 3.05) is 18.4 Å². The molecule has 2 fully saturated rings. The van der Waals surface area contributed by atoms with Gasteiger partial charge in [0.1, 0.15) is 0 Å². The lowest BCUT2D eigenvalue weighted by Gasteiger charge is -2.37. The Kier molecular flexibility index (Phi) is 3.72. The van der Waals surface area contributed by atoms with Crippen LogP contribution >= 0.6 is 0 Å². The Hall–Kier alpha value is -1.51. The summed E-state index contributed by atoms with van der Waals surface area (Å²) in [5.41, 5.74) is 1.16. The minimum Gasteiger partial charge on any atom is -0.381 e. The van der Waals surface area contributed by atoms with E-state index in [1.807, 2.05) is 18.2 Å². The van der Waals surface area contributed by atoms with Gasteiger partial charge in [0.2, 0.25) is 5.91 Å². The molecular formula is C16H22N2O. The van der Waals surface area contributed by atoms with Crippen molar-refractivity contribution < 1.29 is 4.79 Å². The number of nitrogens with zero attached hydrogens (tertiary/aromatic N) is 1. The Morgan fingerprint density at radius 2 is 1.89 bits per heavy atom. The second kappa shape index (κ2) is 5.64. The Balaban J connectivity index is 1.57. The number of anilines is 1. The smallest absolute Gasteiger partial charge is 0.225 e. The van der Waals surface area contributed by atoms with Crippen LogP contribution < -0.4 is 5.32 Å². The van der Waals surface area contributed by atoms with Gasteiger partial charge in [-0.2, -0.15) is 0 Å². The molecule has 1 saturated heterocycles. The van der Waals surface area contributed by atoms with Gasteiger partial charge in [0, 0.05) is 30.7 Å². The van der Waals surface area contributed by atoms with Gasteiger partial charge in [-0.3, -0.25) is 4.79 Å². The minimum atomic E-state index is 0.329. The van der Waals surface area contributed by atoms with Gasteiger partial charge in [0.15, 0.2) is 0 Å². The molecule has 1 aromatic carbocycles. The number of hydrogen-bond donors (Lipinski definition) is 1. The number of likely N-dealkylation sites (tertiary alicyclic amines) is 1. The Bertz CT molecular complexity index is 428. The molecule has 1 heterocycles. The quantitative estimate of drug-likeness (QED) is 0.904. The predicted molar refractivity (Wildman–Crippen MR) is 77.0 cm³/mol.